The Bertz CT molecular complexity index is 1010. The highest BCUT2D eigenvalue weighted by Gasteiger charge is 2.22. The van der Waals surface area contributed by atoms with E-state index < -0.39 is 5.97 Å². The van der Waals surface area contributed by atoms with Gasteiger partial charge in [-0.05, 0) is 18.1 Å². The first kappa shape index (κ1) is 21.0. The van der Waals surface area contributed by atoms with Crippen molar-refractivity contribution in [3.63, 3.8) is 0 Å². The van der Waals surface area contributed by atoms with Crippen molar-refractivity contribution in [3.05, 3.63) is 83.2 Å². The van der Waals surface area contributed by atoms with Crippen LogP contribution in [0.3, 0.4) is 0 Å². The molecular formula is C23H24N4O3. The zero-order chi connectivity index (χ0) is 21.3. The van der Waals surface area contributed by atoms with Gasteiger partial charge in [0.05, 0.1) is 6.61 Å². The molecule has 0 atom stereocenters. The van der Waals surface area contributed by atoms with Crippen molar-refractivity contribution < 1.29 is 14.3 Å². The van der Waals surface area contributed by atoms with Crippen LogP contribution in [0.5, 0.6) is 0 Å². The number of ketones is 1. The Balaban J connectivity index is 1.92. The standard InChI is InChI=1S/C23H24N4O3/c1-3-30-23(29)20-22(25-15-18-12-8-5-9-13-18)26-19(16(2)28)21(27-20)24-14-17-10-6-4-7-11-17/h4-13H,3,14-15H2,1-2H3,(H,24,27)(H,25,26). The van der Waals surface area contributed by atoms with E-state index in [1.165, 1.54) is 6.92 Å². The van der Waals surface area contributed by atoms with Crippen LogP contribution in [0.15, 0.2) is 60.7 Å². The number of esters is 1. The van der Waals surface area contributed by atoms with Gasteiger partial charge in [-0.15, -0.1) is 0 Å². The van der Waals surface area contributed by atoms with Crippen LogP contribution in [0.2, 0.25) is 0 Å². The lowest BCUT2D eigenvalue weighted by molar-refractivity contribution is 0.0520. The average Bonchev–Trinajstić information content (AvgIpc) is 2.77. The van der Waals surface area contributed by atoms with E-state index in [1.807, 2.05) is 60.7 Å². The second-order valence-corrected chi connectivity index (χ2v) is 6.57. The molecule has 0 radical (unpaired) electrons. The van der Waals surface area contributed by atoms with Crippen LogP contribution in [0.4, 0.5) is 11.6 Å². The maximum atomic E-state index is 12.5. The van der Waals surface area contributed by atoms with Gasteiger partial charge >= 0.3 is 5.97 Å². The predicted molar refractivity (Wildman–Crippen MR) is 116 cm³/mol. The van der Waals surface area contributed by atoms with Crippen LogP contribution in [0.25, 0.3) is 0 Å². The Kier molecular flexibility index (Phi) is 7.10. The Labute approximate surface area is 175 Å². The molecule has 3 aromatic rings. The van der Waals surface area contributed by atoms with Crippen LogP contribution in [0, 0.1) is 0 Å². The first-order chi connectivity index (χ1) is 14.6. The molecule has 0 bridgehead atoms. The zero-order valence-corrected chi connectivity index (χ0v) is 17.0. The summed E-state index contributed by atoms with van der Waals surface area (Å²) in [5, 5.41) is 6.23. The number of hydrogen-bond acceptors (Lipinski definition) is 7. The summed E-state index contributed by atoms with van der Waals surface area (Å²) in [6, 6.07) is 19.4. The maximum absolute atomic E-state index is 12.5. The van der Waals surface area contributed by atoms with Crippen molar-refractivity contribution in [1.29, 1.82) is 0 Å². The van der Waals surface area contributed by atoms with Gasteiger partial charge in [-0.1, -0.05) is 60.7 Å². The number of nitrogens with zero attached hydrogens (tertiary/aromatic N) is 2. The Hall–Kier alpha value is -3.74. The van der Waals surface area contributed by atoms with Crippen molar-refractivity contribution in [2.24, 2.45) is 0 Å². The number of aromatic nitrogens is 2. The second kappa shape index (κ2) is 10.2. The van der Waals surface area contributed by atoms with Crippen LogP contribution in [-0.2, 0) is 17.8 Å². The van der Waals surface area contributed by atoms with Gasteiger partial charge in [-0.2, -0.15) is 0 Å². The molecule has 2 N–H and O–H groups in total. The normalized spacial score (nSPS) is 10.3. The SMILES string of the molecule is CCOC(=O)c1nc(NCc2ccccc2)c(C(C)=O)nc1NCc1ccccc1. The van der Waals surface area contributed by atoms with E-state index in [2.05, 4.69) is 20.6 Å². The molecule has 0 aliphatic rings. The highest BCUT2D eigenvalue weighted by atomic mass is 16.5. The Morgan fingerprint density at radius 3 is 1.73 bits per heavy atom. The molecule has 3 rings (SSSR count). The lowest BCUT2D eigenvalue weighted by Crippen LogP contribution is -2.18. The van der Waals surface area contributed by atoms with Crippen LogP contribution in [-0.4, -0.2) is 28.3 Å². The summed E-state index contributed by atoms with van der Waals surface area (Å²) in [4.78, 5) is 33.6. The molecule has 0 unspecified atom stereocenters. The third-order valence-electron chi connectivity index (χ3n) is 4.30. The highest BCUT2D eigenvalue weighted by Crippen LogP contribution is 2.21. The Morgan fingerprint density at radius 1 is 0.800 bits per heavy atom. The minimum atomic E-state index is -0.599. The molecule has 30 heavy (non-hydrogen) atoms. The molecule has 1 heterocycles. The second-order valence-electron chi connectivity index (χ2n) is 6.57. The molecule has 0 spiro atoms. The van der Waals surface area contributed by atoms with E-state index in [0.29, 0.717) is 13.1 Å². The summed E-state index contributed by atoms with van der Waals surface area (Å²) >= 11 is 0. The van der Waals surface area contributed by atoms with E-state index in [9.17, 15) is 9.59 Å². The van der Waals surface area contributed by atoms with Gasteiger partial charge in [-0.3, -0.25) is 4.79 Å². The summed E-state index contributed by atoms with van der Waals surface area (Å²) < 4.78 is 5.14. The topological polar surface area (TPSA) is 93.2 Å². The highest BCUT2D eigenvalue weighted by molar-refractivity contribution is 5.99. The number of carbonyl (C=O) groups is 2. The molecule has 7 nitrogen and oxygen atoms in total. The number of ether oxygens (including phenoxy) is 1. The summed E-state index contributed by atoms with van der Waals surface area (Å²) in [6.07, 6.45) is 0. The third-order valence-corrected chi connectivity index (χ3v) is 4.30. The molecule has 1 aromatic heterocycles. The number of carbonyl (C=O) groups excluding carboxylic acids is 2. The maximum Gasteiger partial charge on any atom is 0.360 e. The van der Waals surface area contributed by atoms with E-state index >= 15 is 0 Å². The first-order valence-electron chi connectivity index (χ1n) is 9.74. The number of nitrogens with one attached hydrogen (secondary N) is 2. The van der Waals surface area contributed by atoms with Crippen molar-refractivity contribution in [2.75, 3.05) is 17.2 Å². The molecule has 0 aliphatic carbocycles. The molecule has 0 amide bonds. The minimum absolute atomic E-state index is 0.0355. The molecule has 0 aliphatic heterocycles. The largest absolute Gasteiger partial charge is 0.461 e. The lowest BCUT2D eigenvalue weighted by atomic mass is 10.2. The average molecular weight is 404 g/mol. The van der Waals surface area contributed by atoms with Gasteiger partial charge in [0.15, 0.2) is 28.8 Å². The quantitative estimate of drug-likeness (QED) is 0.410. The molecule has 154 valence electrons. The van der Waals surface area contributed by atoms with Gasteiger partial charge in [0.25, 0.3) is 0 Å². The summed E-state index contributed by atoms with van der Waals surface area (Å²) in [5.41, 5.74) is 2.21. The molecular weight excluding hydrogens is 380 g/mol. The van der Waals surface area contributed by atoms with Gasteiger partial charge in [-0.25, -0.2) is 14.8 Å². The van der Waals surface area contributed by atoms with E-state index in [4.69, 9.17) is 4.74 Å². The molecule has 7 heteroatoms. The van der Waals surface area contributed by atoms with Crippen LogP contribution in [0.1, 0.15) is 46.0 Å². The fourth-order valence-corrected chi connectivity index (χ4v) is 2.83. The number of Topliss-reactive ketones (excluding diaryl/α,β-unsaturated/α-hetero) is 1. The van der Waals surface area contributed by atoms with Gasteiger partial charge < -0.3 is 15.4 Å². The summed E-state index contributed by atoms with van der Waals surface area (Å²) in [6.45, 7) is 4.22. The number of hydrogen-bond donors (Lipinski definition) is 2. The van der Waals surface area contributed by atoms with Crippen LogP contribution >= 0.6 is 0 Å². The summed E-state index contributed by atoms with van der Waals surface area (Å²) in [5.74, 6) is -0.387. The zero-order valence-electron chi connectivity index (χ0n) is 17.0. The molecule has 2 aromatic carbocycles. The van der Waals surface area contributed by atoms with Gasteiger partial charge in [0, 0.05) is 20.0 Å². The van der Waals surface area contributed by atoms with Gasteiger partial charge in [0.1, 0.15) is 0 Å². The smallest absolute Gasteiger partial charge is 0.360 e. The van der Waals surface area contributed by atoms with Crippen molar-refractivity contribution in [2.45, 2.75) is 26.9 Å². The molecule has 0 saturated heterocycles. The fraction of sp³-hybridized carbons (Fsp3) is 0.217. The first-order valence-corrected chi connectivity index (χ1v) is 9.74. The Morgan fingerprint density at radius 2 is 1.27 bits per heavy atom. The number of rotatable bonds is 9. The van der Waals surface area contributed by atoms with Crippen LogP contribution < -0.4 is 10.6 Å². The minimum Gasteiger partial charge on any atom is -0.461 e. The fourth-order valence-electron chi connectivity index (χ4n) is 2.83. The van der Waals surface area contributed by atoms with Gasteiger partial charge in [0.2, 0.25) is 0 Å². The summed E-state index contributed by atoms with van der Waals surface area (Å²) in [7, 11) is 0. The predicted octanol–water partition coefficient (Wildman–Crippen LogP) is 4.08. The van der Waals surface area contributed by atoms with Crippen molar-refractivity contribution in [3.8, 4) is 0 Å². The monoisotopic (exact) mass is 404 g/mol. The van der Waals surface area contributed by atoms with E-state index in [-0.39, 0.29) is 35.4 Å². The number of benzene rings is 2. The van der Waals surface area contributed by atoms with Crippen molar-refractivity contribution >= 4 is 23.4 Å². The van der Waals surface area contributed by atoms with E-state index in [0.717, 1.165) is 11.1 Å². The third kappa shape index (κ3) is 5.41. The van der Waals surface area contributed by atoms with E-state index in [1.54, 1.807) is 6.92 Å². The number of anilines is 2. The molecule has 0 fully saturated rings. The van der Waals surface area contributed by atoms with Crippen molar-refractivity contribution in [1.82, 2.24) is 9.97 Å². The lowest BCUT2D eigenvalue weighted by Gasteiger charge is -2.15. The molecule has 0 saturated carbocycles.